The van der Waals surface area contributed by atoms with Crippen LogP contribution in [0.15, 0.2) is 30.6 Å². The first-order valence-electron chi connectivity index (χ1n) is 3.92. The van der Waals surface area contributed by atoms with Crippen LogP contribution in [0.3, 0.4) is 0 Å². The molecule has 0 atom stereocenters. The highest BCUT2D eigenvalue weighted by Crippen LogP contribution is 2.12. The van der Waals surface area contributed by atoms with Crippen LogP contribution in [0.4, 0.5) is 4.39 Å². The second kappa shape index (κ2) is 3.37. The van der Waals surface area contributed by atoms with Crippen molar-refractivity contribution in [1.82, 2.24) is 15.0 Å². The molecule has 0 saturated heterocycles. The third-order valence-electron chi connectivity index (χ3n) is 1.75. The Balaban J connectivity index is 2.61. The molecule has 0 spiro atoms. The molecule has 1 aromatic carbocycles. The predicted octanol–water partition coefficient (Wildman–Crippen LogP) is 1.22. The number of hydrogen-bond acceptors (Lipinski definition) is 3. The van der Waals surface area contributed by atoms with Crippen molar-refractivity contribution in [2.45, 2.75) is 0 Å². The molecule has 0 saturated carbocycles. The van der Waals surface area contributed by atoms with Gasteiger partial charge in [-0.25, -0.2) is 4.39 Å². The topological polar surface area (TPSA) is 47.8 Å². The van der Waals surface area contributed by atoms with Gasteiger partial charge in [0.1, 0.15) is 5.82 Å². The minimum atomic E-state index is -0.428. The zero-order valence-electron chi connectivity index (χ0n) is 7.09. The molecule has 0 radical (unpaired) electrons. The molecule has 0 amide bonds. The fourth-order valence-corrected chi connectivity index (χ4v) is 1.13. The predicted molar refractivity (Wildman–Crippen MR) is 46.7 cm³/mol. The number of aldehydes is 1. The summed E-state index contributed by atoms with van der Waals surface area (Å²) in [5, 5.41) is 7.63. The van der Waals surface area contributed by atoms with Crippen LogP contribution in [0.1, 0.15) is 10.4 Å². The summed E-state index contributed by atoms with van der Waals surface area (Å²) >= 11 is 0. The lowest BCUT2D eigenvalue weighted by Gasteiger charge is -2.02. The second-order valence-electron chi connectivity index (χ2n) is 2.64. The van der Waals surface area contributed by atoms with Crippen molar-refractivity contribution in [3.8, 4) is 5.69 Å². The first-order valence-corrected chi connectivity index (χ1v) is 3.92. The average molecular weight is 191 g/mol. The summed E-state index contributed by atoms with van der Waals surface area (Å²) in [4.78, 5) is 11.8. The Morgan fingerprint density at radius 2 is 2.00 bits per heavy atom. The summed E-state index contributed by atoms with van der Waals surface area (Å²) in [7, 11) is 0. The van der Waals surface area contributed by atoms with Crippen LogP contribution in [0.2, 0.25) is 0 Å². The lowest BCUT2D eigenvalue weighted by atomic mass is 10.2. The second-order valence-corrected chi connectivity index (χ2v) is 2.64. The van der Waals surface area contributed by atoms with E-state index in [0.29, 0.717) is 17.5 Å². The number of rotatable bonds is 2. The molecule has 0 bridgehead atoms. The van der Waals surface area contributed by atoms with Crippen LogP contribution in [-0.4, -0.2) is 21.3 Å². The van der Waals surface area contributed by atoms with Gasteiger partial charge in [0, 0.05) is 11.6 Å². The van der Waals surface area contributed by atoms with E-state index >= 15 is 0 Å². The number of carbonyl (C=O) groups excluding carboxylic acids is 1. The molecule has 14 heavy (non-hydrogen) atoms. The van der Waals surface area contributed by atoms with Gasteiger partial charge in [-0.15, -0.1) is 0 Å². The Bertz CT molecular complexity index is 453. The van der Waals surface area contributed by atoms with E-state index in [4.69, 9.17) is 0 Å². The fraction of sp³-hybridized carbons (Fsp3) is 0. The third-order valence-corrected chi connectivity index (χ3v) is 1.75. The molecule has 70 valence electrons. The van der Waals surface area contributed by atoms with Gasteiger partial charge in [-0.05, 0) is 12.1 Å². The van der Waals surface area contributed by atoms with Crippen LogP contribution < -0.4 is 0 Å². The molecular formula is C9H6FN3O. The van der Waals surface area contributed by atoms with Gasteiger partial charge < -0.3 is 0 Å². The van der Waals surface area contributed by atoms with Crippen molar-refractivity contribution >= 4 is 6.29 Å². The van der Waals surface area contributed by atoms with Gasteiger partial charge in [0.25, 0.3) is 0 Å². The molecule has 0 fully saturated rings. The van der Waals surface area contributed by atoms with Gasteiger partial charge in [-0.1, -0.05) is 0 Å². The van der Waals surface area contributed by atoms with Crippen molar-refractivity contribution in [2.24, 2.45) is 0 Å². The summed E-state index contributed by atoms with van der Waals surface area (Å²) in [6, 6.07) is 3.82. The molecule has 5 heteroatoms. The number of carbonyl (C=O) groups is 1. The lowest BCUT2D eigenvalue weighted by Crippen LogP contribution is -2.03. The van der Waals surface area contributed by atoms with E-state index in [0.717, 1.165) is 0 Å². The van der Waals surface area contributed by atoms with Crippen molar-refractivity contribution in [3.05, 3.63) is 42.0 Å². The van der Waals surface area contributed by atoms with Crippen LogP contribution in [-0.2, 0) is 0 Å². The Morgan fingerprint density at radius 1 is 1.29 bits per heavy atom. The van der Waals surface area contributed by atoms with E-state index in [9.17, 15) is 9.18 Å². The van der Waals surface area contributed by atoms with Crippen LogP contribution in [0.25, 0.3) is 5.69 Å². The van der Waals surface area contributed by atoms with Gasteiger partial charge in [0.05, 0.1) is 18.1 Å². The van der Waals surface area contributed by atoms with Crippen LogP contribution >= 0.6 is 0 Å². The van der Waals surface area contributed by atoms with Gasteiger partial charge >= 0.3 is 0 Å². The Labute approximate surface area is 79.0 Å². The summed E-state index contributed by atoms with van der Waals surface area (Å²) < 4.78 is 12.9. The normalized spacial score (nSPS) is 10.1. The number of aromatic nitrogens is 3. The highest BCUT2D eigenvalue weighted by Gasteiger charge is 2.06. The van der Waals surface area contributed by atoms with Crippen LogP contribution in [0.5, 0.6) is 0 Å². The molecule has 0 aliphatic carbocycles. The first-order chi connectivity index (χ1) is 6.81. The number of halogens is 1. The minimum absolute atomic E-state index is 0.338. The van der Waals surface area contributed by atoms with E-state index < -0.39 is 5.82 Å². The van der Waals surface area contributed by atoms with Crippen molar-refractivity contribution < 1.29 is 9.18 Å². The highest BCUT2D eigenvalue weighted by molar-refractivity contribution is 5.80. The molecule has 0 aliphatic heterocycles. The Hall–Kier alpha value is -2.04. The molecule has 1 aromatic heterocycles. The largest absolute Gasteiger partial charge is 0.298 e. The van der Waals surface area contributed by atoms with E-state index in [1.807, 2.05) is 0 Å². The molecule has 2 rings (SSSR count). The Morgan fingerprint density at radius 3 is 2.64 bits per heavy atom. The van der Waals surface area contributed by atoms with E-state index in [1.54, 1.807) is 0 Å². The summed E-state index contributed by atoms with van der Waals surface area (Å²) in [6.45, 7) is 0. The summed E-state index contributed by atoms with van der Waals surface area (Å²) in [6.07, 6.45) is 3.55. The monoisotopic (exact) mass is 191 g/mol. The lowest BCUT2D eigenvalue weighted by molar-refractivity contribution is 0.112. The standard InChI is InChI=1S/C9H6FN3O/c10-8-2-1-7(6-14)9(5-8)13-11-3-4-12-13/h1-6H. The van der Waals surface area contributed by atoms with E-state index in [-0.39, 0.29) is 0 Å². The maximum absolute atomic E-state index is 12.9. The first kappa shape index (κ1) is 8.55. The molecule has 0 aliphatic rings. The van der Waals surface area contributed by atoms with Crippen molar-refractivity contribution in [3.63, 3.8) is 0 Å². The zero-order valence-corrected chi connectivity index (χ0v) is 7.09. The smallest absolute Gasteiger partial charge is 0.152 e. The molecular weight excluding hydrogens is 185 g/mol. The molecule has 0 N–H and O–H groups in total. The maximum atomic E-state index is 12.9. The molecule has 4 nitrogen and oxygen atoms in total. The molecule has 2 aromatic rings. The highest BCUT2D eigenvalue weighted by atomic mass is 19.1. The summed E-state index contributed by atoms with van der Waals surface area (Å²) in [5.41, 5.74) is 0.688. The van der Waals surface area contributed by atoms with E-state index in [1.165, 1.54) is 35.4 Å². The molecule has 1 heterocycles. The van der Waals surface area contributed by atoms with Crippen LogP contribution in [0, 0.1) is 5.82 Å². The minimum Gasteiger partial charge on any atom is -0.298 e. The average Bonchev–Trinajstić information content (AvgIpc) is 2.70. The van der Waals surface area contributed by atoms with Crippen molar-refractivity contribution in [2.75, 3.05) is 0 Å². The maximum Gasteiger partial charge on any atom is 0.152 e. The molecule has 0 unspecified atom stereocenters. The number of benzene rings is 1. The van der Waals surface area contributed by atoms with Gasteiger partial charge in [-0.3, -0.25) is 4.79 Å². The zero-order chi connectivity index (χ0) is 9.97. The SMILES string of the molecule is O=Cc1ccc(F)cc1-n1nccn1. The number of hydrogen-bond donors (Lipinski definition) is 0. The van der Waals surface area contributed by atoms with Gasteiger partial charge in [0.2, 0.25) is 0 Å². The Kier molecular flexibility index (Phi) is 2.06. The summed E-state index contributed by atoms with van der Waals surface area (Å²) in [5.74, 6) is -0.428. The van der Waals surface area contributed by atoms with Gasteiger partial charge in [0.15, 0.2) is 6.29 Å². The fourth-order valence-electron chi connectivity index (χ4n) is 1.13. The quantitative estimate of drug-likeness (QED) is 0.670. The van der Waals surface area contributed by atoms with E-state index in [2.05, 4.69) is 10.2 Å². The van der Waals surface area contributed by atoms with Crippen molar-refractivity contribution in [1.29, 1.82) is 0 Å². The van der Waals surface area contributed by atoms with Gasteiger partial charge in [-0.2, -0.15) is 15.0 Å². The third kappa shape index (κ3) is 1.39. The number of nitrogens with zero attached hydrogens (tertiary/aromatic N) is 3.